The topological polar surface area (TPSA) is 40.5 Å². The third kappa shape index (κ3) is 2.95. The lowest BCUT2D eigenvalue weighted by Gasteiger charge is -2.08. The van der Waals surface area contributed by atoms with E-state index in [1.807, 2.05) is 24.3 Å². The molecule has 0 spiro atoms. The lowest BCUT2D eigenvalue weighted by molar-refractivity contribution is 0.226. The predicted molar refractivity (Wildman–Crippen MR) is 131 cm³/mol. The summed E-state index contributed by atoms with van der Waals surface area (Å²) in [6.07, 6.45) is -1.25. The molecular formula is C24H16O2S4. The van der Waals surface area contributed by atoms with Gasteiger partial charge in [-0.3, -0.25) is 0 Å². The van der Waals surface area contributed by atoms with Gasteiger partial charge < -0.3 is 10.2 Å². The summed E-state index contributed by atoms with van der Waals surface area (Å²) in [5.41, 5.74) is 1.93. The molecule has 30 heavy (non-hydrogen) atoms. The minimum atomic E-state index is -0.625. The van der Waals surface area contributed by atoms with E-state index in [0.717, 1.165) is 41.1 Å². The van der Waals surface area contributed by atoms with Crippen molar-refractivity contribution < 1.29 is 10.2 Å². The Balaban J connectivity index is 1.35. The van der Waals surface area contributed by atoms with Gasteiger partial charge in [0.25, 0.3) is 0 Å². The number of fused-ring (bicyclic) bond motifs is 3. The Morgan fingerprint density at radius 3 is 1.47 bits per heavy atom. The highest BCUT2D eigenvalue weighted by molar-refractivity contribution is 7.28. The minimum absolute atomic E-state index is 0.625. The van der Waals surface area contributed by atoms with Crippen molar-refractivity contribution in [2.75, 3.05) is 0 Å². The van der Waals surface area contributed by atoms with Crippen LogP contribution in [-0.2, 0) is 0 Å². The van der Waals surface area contributed by atoms with E-state index in [9.17, 15) is 10.2 Å². The Bertz CT molecular complexity index is 1360. The van der Waals surface area contributed by atoms with E-state index in [0.29, 0.717) is 0 Å². The zero-order chi connectivity index (χ0) is 20.2. The van der Waals surface area contributed by atoms with Gasteiger partial charge in [0.05, 0.1) is 0 Å². The van der Waals surface area contributed by atoms with E-state index in [1.165, 1.54) is 9.40 Å². The standard InChI is InChI=1S/C24H16O2S4/c25-23(15-11-27-17-7-3-1-5-13(15)17)21-9-19-20(29-21)10-22(30-19)24(26)16-12-28-18-8-4-2-6-14(16)18/h1-12,23-26H. The number of aliphatic hydroxyl groups excluding tert-OH is 2. The number of hydrogen-bond acceptors (Lipinski definition) is 6. The van der Waals surface area contributed by atoms with Crippen LogP contribution in [0.5, 0.6) is 0 Å². The van der Waals surface area contributed by atoms with Crippen LogP contribution in [0.15, 0.2) is 71.4 Å². The van der Waals surface area contributed by atoms with Crippen molar-refractivity contribution in [3.8, 4) is 0 Å². The summed E-state index contributed by atoms with van der Waals surface area (Å²) in [5.74, 6) is 0. The fourth-order valence-corrected chi connectivity index (χ4v) is 8.26. The lowest BCUT2D eigenvalue weighted by Crippen LogP contribution is -1.96. The minimum Gasteiger partial charge on any atom is -0.383 e. The molecule has 0 fully saturated rings. The number of aliphatic hydroxyl groups is 2. The summed E-state index contributed by atoms with van der Waals surface area (Å²) in [5, 5.41) is 28.4. The molecule has 0 saturated carbocycles. The predicted octanol–water partition coefficient (Wildman–Crippen LogP) is 7.56. The molecule has 6 heteroatoms. The zero-order valence-electron chi connectivity index (χ0n) is 15.6. The Kier molecular flexibility index (Phi) is 4.53. The Morgan fingerprint density at radius 2 is 1.00 bits per heavy atom. The fourth-order valence-electron chi connectivity index (χ4n) is 3.87. The van der Waals surface area contributed by atoms with Crippen LogP contribution in [0.4, 0.5) is 0 Å². The van der Waals surface area contributed by atoms with Crippen LogP contribution in [0.2, 0.25) is 0 Å². The van der Waals surface area contributed by atoms with Crippen molar-refractivity contribution in [1.82, 2.24) is 0 Å². The zero-order valence-corrected chi connectivity index (χ0v) is 18.9. The maximum absolute atomic E-state index is 11.0. The van der Waals surface area contributed by atoms with Gasteiger partial charge in [-0.05, 0) is 45.8 Å². The molecule has 0 aliphatic heterocycles. The van der Waals surface area contributed by atoms with Gasteiger partial charge in [0, 0.05) is 39.7 Å². The van der Waals surface area contributed by atoms with Crippen LogP contribution < -0.4 is 0 Å². The van der Waals surface area contributed by atoms with Gasteiger partial charge in [-0.1, -0.05) is 36.4 Å². The molecule has 0 amide bonds. The van der Waals surface area contributed by atoms with E-state index in [2.05, 4.69) is 47.2 Å². The summed E-state index contributed by atoms with van der Waals surface area (Å²) in [6, 6.07) is 20.5. The average Bonchev–Trinajstić information content (AvgIpc) is 3.53. The van der Waals surface area contributed by atoms with Gasteiger partial charge in [0.15, 0.2) is 0 Å². The number of thiophene rings is 4. The summed E-state index contributed by atoms with van der Waals surface area (Å²) in [7, 11) is 0. The molecule has 0 radical (unpaired) electrons. The SMILES string of the molecule is OC(c1cc2sc(C(O)c3csc4ccccc34)cc2s1)c1csc2ccccc12. The first-order valence-corrected chi connectivity index (χ1v) is 12.9. The van der Waals surface area contributed by atoms with Gasteiger partial charge >= 0.3 is 0 Å². The molecule has 2 nitrogen and oxygen atoms in total. The Hall–Kier alpha value is -2.06. The smallest absolute Gasteiger partial charge is 0.115 e. The Morgan fingerprint density at radius 1 is 0.567 bits per heavy atom. The highest BCUT2D eigenvalue weighted by Crippen LogP contribution is 2.43. The van der Waals surface area contributed by atoms with E-state index >= 15 is 0 Å². The molecular weight excluding hydrogens is 449 g/mol. The maximum Gasteiger partial charge on any atom is 0.115 e. The fraction of sp³-hybridized carbons (Fsp3) is 0.0833. The van der Waals surface area contributed by atoms with Crippen LogP contribution in [0.25, 0.3) is 29.6 Å². The van der Waals surface area contributed by atoms with Gasteiger partial charge in [0.1, 0.15) is 12.2 Å². The second-order valence-corrected chi connectivity index (χ2v) is 11.3. The van der Waals surface area contributed by atoms with E-state index in [4.69, 9.17) is 0 Å². The van der Waals surface area contributed by atoms with Gasteiger partial charge in [-0.2, -0.15) is 0 Å². The molecule has 0 bridgehead atoms. The molecule has 0 saturated heterocycles. The van der Waals surface area contributed by atoms with Crippen LogP contribution in [0.1, 0.15) is 33.1 Å². The second-order valence-electron chi connectivity index (χ2n) is 7.21. The van der Waals surface area contributed by atoms with E-state index < -0.39 is 12.2 Å². The summed E-state index contributed by atoms with van der Waals surface area (Å²) < 4.78 is 4.61. The van der Waals surface area contributed by atoms with Crippen molar-refractivity contribution in [1.29, 1.82) is 0 Å². The molecule has 0 aliphatic rings. The first kappa shape index (κ1) is 18.7. The molecule has 4 aromatic heterocycles. The number of hydrogen-bond donors (Lipinski definition) is 2. The quantitative estimate of drug-likeness (QED) is 0.283. The highest BCUT2D eigenvalue weighted by Gasteiger charge is 2.21. The monoisotopic (exact) mass is 464 g/mol. The van der Waals surface area contributed by atoms with Gasteiger partial charge in [-0.15, -0.1) is 45.3 Å². The number of benzene rings is 2. The molecule has 2 atom stereocenters. The van der Waals surface area contributed by atoms with Gasteiger partial charge in [0.2, 0.25) is 0 Å². The van der Waals surface area contributed by atoms with Crippen molar-refractivity contribution in [3.05, 3.63) is 92.3 Å². The first-order chi connectivity index (χ1) is 14.7. The third-order valence-electron chi connectivity index (χ3n) is 5.40. The lowest BCUT2D eigenvalue weighted by atomic mass is 10.1. The molecule has 4 heterocycles. The van der Waals surface area contributed by atoms with Crippen LogP contribution in [0, 0.1) is 0 Å². The van der Waals surface area contributed by atoms with Crippen LogP contribution in [-0.4, -0.2) is 10.2 Å². The molecule has 2 N–H and O–H groups in total. The van der Waals surface area contributed by atoms with E-state index in [1.54, 1.807) is 45.3 Å². The molecule has 6 rings (SSSR count). The summed E-state index contributed by atoms with van der Waals surface area (Å²) in [4.78, 5) is 1.89. The van der Waals surface area contributed by atoms with Gasteiger partial charge in [-0.25, -0.2) is 0 Å². The van der Waals surface area contributed by atoms with Crippen LogP contribution in [0.3, 0.4) is 0 Å². The first-order valence-electron chi connectivity index (χ1n) is 9.50. The molecule has 148 valence electrons. The average molecular weight is 465 g/mol. The van der Waals surface area contributed by atoms with Crippen molar-refractivity contribution in [2.24, 2.45) is 0 Å². The number of rotatable bonds is 4. The van der Waals surface area contributed by atoms with Crippen LogP contribution >= 0.6 is 45.3 Å². The van der Waals surface area contributed by atoms with Crippen molar-refractivity contribution >= 4 is 74.9 Å². The Labute approximate surface area is 188 Å². The molecule has 0 aliphatic carbocycles. The van der Waals surface area contributed by atoms with E-state index in [-0.39, 0.29) is 0 Å². The summed E-state index contributed by atoms with van der Waals surface area (Å²) >= 11 is 6.55. The highest BCUT2D eigenvalue weighted by atomic mass is 32.1. The molecule has 2 unspecified atom stereocenters. The van der Waals surface area contributed by atoms with Crippen molar-refractivity contribution in [3.63, 3.8) is 0 Å². The largest absolute Gasteiger partial charge is 0.383 e. The third-order valence-corrected chi connectivity index (χ3v) is 9.76. The second kappa shape index (κ2) is 7.27. The van der Waals surface area contributed by atoms with Crippen molar-refractivity contribution in [2.45, 2.75) is 12.2 Å². The molecule has 6 aromatic rings. The maximum atomic E-state index is 11.0. The molecule has 2 aromatic carbocycles. The summed E-state index contributed by atoms with van der Waals surface area (Å²) in [6.45, 7) is 0. The normalized spacial score (nSPS) is 14.1.